The van der Waals surface area contributed by atoms with Gasteiger partial charge in [-0.2, -0.15) is 0 Å². The van der Waals surface area contributed by atoms with Crippen LogP contribution in [-0.4, -0.2) is 54.8 Å². The van der Waals surface area contributed by atoms with E-state index in [4.69, 9.17) is 14.2 Å². The highest BCUT2D eigenvalue weighted by Gasteiger charge is 2.50. The second-order valence-electron chi connectivity index (χ2n) is 5.54. The fraction of sp³-hybridized carbons (Fsp3) is 0.444. The van der Waals surface area contributed by atoms with Crippen molar-refractivity contribution in [3.8, 4) is 5.75 Å². The Bertz CT molecular complexity index is 710. The van der Waals surface area contributed by atoms with Crippen LogP contribution in [0, 0.1) is 0 Å². The summed E-state index contributed by atoms with van der Waals surface area (Å²) in [6.45, 7) is 4.20. The molecule has 1 aromatic carbocycles. The molecule has 27 heavy (non-hydrogen) atoms. The second kappa shape index (κ2) is 9.56. The molecule has 0 radical (unpaired) electrons. The average Bonchev–Trinajstić information content (AvgIpc) is 2.60. The zero-order chi connectivity index (χ0) is 20.6. The van der Waals surface area contributed by atoms with Crippen molar-refractivity contribution in [2.75, 3.05) is 20.3 Å². The molecule has 1 rings (SSSR count). The Labute approximate surface area is 156 Å². The lowest BCUT2D eigenvalue weighted by atomic mass is 9.89. The molecular formula is C18H23NO8. The minimum Gasteiger partial charge on any atom is -0.496 e. The molecule has 0 aromatic heterocycles. The molecule has 9 heteroatoms. The van der Waals surface area contributed by atoms with Crippen LogP contribution in [0.2, 0.25) is 0 Å². The minimum atomic E-state index is -2.14. The van der Waals surface area contributed by atoms with E-state index in [1.165, 1.54) is 25.3 Å². The first-order valence-corrected chi connectivity index (χ1v) is 8.25. The predicted molar refractivity (Wildman–Crippen MR) is 93.5 cm³/mol. The van der Waals surface area contributed by atoms with Crippen LogP contribution in [0.15, 0.2) is 18.2 Å². The van der Waals surface area contributed by atoms with Gasteiger partial charge < -0.3 is 24.6 Å². The second-order valence-corrected chi connectivity index (χ2v) is 5.54. The van der Waals surface area contributed by atoms with Crippen molar-refractivity contribution in [2.45, 2.75) is 32.7 Å². The number of hydrogen-bond donors (Lipinski definition) is 2. The van der Waals surface area contributed by atoms with Gasteiger partial charge in [0.2, 0.25) is 11.4 Å². The first kappa shape index (κ1) is 21.9. The smallest absolute Gasteiger partial charge is 0.344 e. The van der Waals surface area contributed by atoms with Gasteiger partial charge in [0.15, 0.2) is 0 Å². The number of esters is 2. The lowest BCUT2D eigenvalue weighted by Crippen LogP contribution is -2.62. The molecule has 0 saturated carbocycles. The summed E-state index contributed by atoms with van der Waals surface area (Å²) in [5.41, 5.74) is -2.00. The summed E-state index contributed by atoms with van der Waals surface area (Å²) in [5.74, 6) is -3.77. The maximum absolute atomic E-state index is 12.6. The standard InChI is InChI=1S/C18H23NO8/c1-5-26-16(23)18(19-11(3)20,17(24)27-6-2)10-12-7-8-14(25-4)13(9-12)15(21)22/h7-9H,5-6,10H2,1-4H3,(H,19,20)(H,21,22). The van der Waals surface area contributed by atoms with E-state index in [0.29, 0.717) is 5.56 Å². The number of carbonyl (C=O) groups excluding carboxylic acids is 3. The van der Waals surface area contributed by atoms with Crippen LogP contribution >= 0.6 is 0 Å². The molecule has 0 aliphatic rings. The zero-order valence-electron chi connectivity index (χ0n) is 15.7. The Hall–Kier alpha value is -3.10. The molecule has 0 aliphatic heterocycles. The van der Waals surface area contributed by atoms with Crippen LogP contribution in [0.1, 0.15) is 36.7 Å². The van der Waals surface area contributed by atoms with E-state index in [1.54, 1.807) is 13.8 Å². The maximum atomic E-state index is 12.6. The summed E-state index contributed by atoms with van der Waals surface area (Å²) in [6.07, 6.45) is -0.353. The van der Waals surface area contributed by atoms with E-state index in [1.807, 2.05) is 0 Å². The van der Waals surface area contributed by atoms with Crippen molar-refractivity contribution in [3.63, 3.8) is 0 Å². The van der Waals surface area contributed by atoms with Crippen LogP contribution < -0.4 is 10.1 Å². The summed E-state index contributed by atoms with van der Waals surface area (Å²) in [4.78, 5) is 48.3. The summed E-state index contributed by atoms with van der Waals surface area (Å²) < 4.78 is 14.9. The van der Waals surface area contributed by atoms with Crippen molar-refractivity contribution in [1.29, 1.82) is 0 Å². The quantitative estimate of drug-likeness (QED) is 0.478. The third kappa shape index (κ3) is 5.19. The molecule has 0 unspecified atom stereocenters. The van der Waals surface area contributed by atoms with Gasteiger partial charge in [-0.25, -0.2) is 14.4 Å². The molecule has 0 saturated heterocycles. The number of nitrogens with one attached hydrogen (secondary N) is 1. The van der Waals surface area contributed by atoms with Gasteiger partial charge in [-0.05, 0) is 31.5 Å². The largest absolute Gasteiger partial charge is 0.496 e. The monoisotopic (exact) mass is 381 g/mol. The van der Waals surface area contributed by atoms with Crippen molar-refractivity contribution < 1.29 is 38.5 Å². The summed E-state index contributed by atoms with van der Waals surface area (Å²) in [6, 6.07) is 4.14. The molecule has 0 atom stereocenters. The van der Waals surface area contributed by atoms with Gasteiger partial charge in [0.25, 0.3) is 0 Å². The number of carboxylic acid groups (broad SMARTS) is 1. The van der Waals surface area contributed by atoms with Crippen molar-refractivity contribution >= 4 is 23.8 Å². The molecule has 2 N–H and O–H groups in total. The lowest BCUT2D eigenvalue weighted by molar-refractivity contribution is -0.168. The van der Waals surface area contributed by atoms with Crippen molar-refractivity contribution in [3.05, 3.63) is 29.3 Å². The normalized spacial score (nSPS) is 10.7. The lowest BCUT2D eigenvalue weighted by Gasteiger charge is -2.30. The first-order chi connectivity index (χ1) is 12.7. The highest BCUT2D eigenvalue weighted by molar-refractivity contribution is 6.08. The third-order valence-corrected chi connectivity index (χ3v) is 3.60. The SMILES string of the molecule is CCOC(=O)C(Cc1ccc(OC)c(C(=O)O)c1)(NC(C)=O)C(=O)OCC. The molecule has 0 fully saturated rings. The molecule has 0 bridgehead atoms. The fourth-order valence-electron chi connectivity index (χ4n) is 2.52. The Morgan fingerprint density at radius 1 is 1.07 bits per heavy atom. The highest BCUT2D eigenvalue weighted by atomic mass is 16.6. The van der Waals surface area contributed by atoms with Gasteiger partial charge in [-0.15, -0.1) is 0 Å². The Morgan fingerprint density at radius 2 is 1.63 bits per heavy atom. The van der Waals surface area contributed by atoms with Gasteiger partial charge in [-0.1, -0.05) is 6.07 Å². The van der Waals surface area contributed by atoms with Gasteiger partial charge >= 0.3 is 17.9 Å². The van der Waals surface area contributed by atoms with E-state index in [9.17, 15) is 24.3 Å². The van der Waals surface area contributed by atoms with Gasteiger partial charge in [-0.3, -0.25) is 4.79 Å². The minimum absolute atomic E-state index is 0.0252. The molecular weight excluding hydrogens is 358 g/mol. The molecule has 0 heterocycles. The third-order valence-electron chi connectivity index (χ3n) is 3.60. The Morgan fingerprint density at radius 3 is 2.04 bits per heavy atom. The number of ether oxygens (including phenoxy) is 3. The molecule has 9 nitrogen and oxygen atoms in total. The van der Waals surface area contributed by atoms with Crippen molar-refractivity contribution in [2.24, 2.45) is 0 Å². The molecule has 148 valence electrons. The highest BCUT2D eigenvalue weighted by Crippen LogP contribution is 2.24. The van der Waals surface area contributed by atoms with Crippen molar-refractivity contribution in [1.82, 2.24) is 5.32 Å². The van der Waals surface area contributed by atoms with E-state index >= 15 is 0 Å². The van der Waals surface area contributed by atoms with Gasteiger partial charge in [0.1, 0.15) is 11.3 Å². The van der Waals surface area contributed by atoms with Crippen LogP contribution in [-0.2, 0) is 30.3 Å². The summed E-state index contributed by atoms with van der Waals surface area (Å²) in [5, 5.41) is 11.6. The topological polar surface area (TPSA) is 128 Å². The molecule has 0 aliphatic carbocycles. The van der Waals surface area contributed by atoms with Crippen LogP contribution in [0.4, 0.5) is 0 Å². The molecule has 0 spiro atoms. The van der Waals surface area contributed by atoms with Crippen LogP contribution in [0.3, 0.4) is 0 Å². The van der Waals surface area contributed by atoms with E-state index < -0.39 is 29.4 Å². The fourth-order valence-corrected chi connectivity index (χ4v) is 2.52. The number of carbonyl (C=O) groups is 4. The van der Waals surface area contributed by atoms with Gasteiger partial charge in [0, 0.05) is 13.3 Å². The maximum Gasteiger partial charge on any atom is 0.344 e. The number of carboxylic acids is 1. The predicted octanol–water partition coefficient (Wildman–Crippen LogP) is 0.937. The first-order valence-electron chi connectivity index (χ1n) is 8.25. The Kier molecular flexibility index (Phi) is 7.77. The number of aromatic carboxylic acids is 1. The molecule has 1 aromatic rings. The number of methoxy groups -OCH3 is 1. The number of hydrogen-bond acceptors (Lipinski definition) is 7. The van der Waals surface area contributed by atoms with E-state index in [-0.39, 0.29) is 30.9 Å². The molecule has 1 amide bonds. The van der Waals surface area contributed by atoms with Crippen LogP contribution in [0.5, 0.6) is 5.75 Å². The zero-order valence-corrected chi connectivity index (χ0v) is 15.7. The van der Waals surface area contributed by atoms with E-state index in [0.717, 1.165) is 6.92 Å². The summed E-state index contributed by atoms with van der Waals surface area (Å²) >= 11 is 0. The van der Waals surface area contributed by atoms with E-state index in [2.05, 4.69) is 5.32 Å². The number of amides is 1. The van der Waals surface area contributed by atoms with Gasteiger partial charge in [0.05, 0.1) is 20.3 Å². The number of rotatable bonds is 9. The average molecular weight is 381 g/mol. The Balaban J connectivity index is 3.48. The number of benzene rings is 1. The van der Waals surface area contributed by atoms with Crippen LogP contribution in [0.25, 0.3) is 0 Å². The summed E-state index contributed by atoms with van der Waals surface area (Å²) in [7, 11) is 1.32.